The summed E-state index contributed by atoms with van der Waals surface area (Å²) in [4.78, 5) is 57.1. The Kier molecular flexibility index (Phi) is 10.4. The molecule has 1 unspecified atom stereocenters. The van der Waals surface area contributed by atoms with Gasteiger partial charge in [0.2, 0.25) is 11.8 Å². The molecule has 2 amide bonds. The number of nitrogens with zero attached hydrogens (tertiary/aromatic N) is 2. The van der Waals surface area contributed by atoms with Gasteiger partial charge in [-0.3, -0.25) is 14.4 Å². The molecule has 0 spiro atoms. The number of hydrogen-bond donors (Lipinski definition) is 2. The van der Waals surface area contributed by atoms with E-state index < -0.39 is 30.1 Å². The minimum atomic E-state index is -1.01. The van der Waals surface area contributed by atoms with E-state index in [1.807, 2.05) is 27.7 Å². The van der Waals surface area contributed by atoms with Crippen molar-refractivity contribution in [3.8, 4) is 0 Å². The molecule has 3 rings (SSSR count). The van der Waals surface area contributed by atoms with Gasteiger partial charge in [0, 0.05) is 25.4 Å². The Morgan fingerprint density at radius 2 is 1.90 bits per heavy atom. The topological polar surface area (TPSA) is 139 Å². The average molecular weight is 542 g/mol. The summed E-state index contributed by atoms with van der Waals surface area (Å²) in [6.07, 6.45) is 8.14. The van der Waals surface area contributed by atoms with Crippen molar-refractivity contribution in [2.75, 3.05) is 13.1 Å². The number of allylic oxidation sites excluding steroid dienone is 2. The SMILES string of the molecule is CC1=C[C@@H](O)CC(=O)Cc2nc(co2)C(=O)N2CCC(C)[C@@H]2C(=O)O[C@H](C(C)C)[C@H](C)/C=C/C(=O)NCC=C1. The van der Waals surface area contributed by atoms with E-state index in [0.717, 1.165) is 5.57 Å². The number of aromatic nitrogens is 1. The summed E-state index contributed by atoms with van der Waals surface area (Å²) in [6.45, 7) is 10.1. The Labute approximate surface area is 229 Å². The Morgan fingerprint density at radius 1 is 1.15 bits per heavy atom. The molecule has 1 aromatic rings. The number of Topliss-reactive ketones (excluding diaryl/α,β-unsaturated/α-hetero) is 1. The van der Waals surface area contributed by atoms with Crippen LogP contribution in [0.15, 0.2) is 46.6 Å². The molecule has 0 saturated carbocycles. The lowest BCUT2D eigenvalue weighted by atomic mass is 9.93. The van der Waals surface area contributed by atoms with Crippen LogP contribution in [0, 0.1) is 17.8 Å². The zero-order valence-electron chi connectivity index (χ0n) is 23.3. The maximum atomic E-state index is 13.4. The second-order valence-electron chi connectivity index (χ2n) is 10.7. The number of fused-ring (bicyclic) bond motifs is 3. The van der Waals surface area contributed by atoms with Gasteiger partial charge in [-0.25, -0.2) is 9.78 Å². The second-order valence-corrected chi connectivity index (χ2v) is 10.7. The molecule has 1 fully saturated rings. The molecule has 0 radical (unpaired) electrons. The van der Waals surface area contributed by atoms with Crippen molar-refractivity contribution >= 4 is 23.6 Å². The number of ether oxygens (including phenoxy) is 1. The van der Waals surface area contributed by atoms with Gasteiger partial charge in [0.15, 0.2) is 5.69 Å². The maximum absolute atomic E-state index is 13.4. The number of ketones is 1. The average Bonchev–Trinajstić information content (AvgIpc) is 3.48. The fraction of sp³-hybridized carbons (Fsp3) is 0.552. The monoisotopic (exact) mass is 541 g/mol. The Morgan fingerprint density at radius 3 is 2.62 bits per heavy atom. The third-order valence-corrected chi connectivity index (χ3v) is 6.97. The normalized spacial score (nSPS) is 29.1. The summed E-state index contributed by atoms with van der Waals surface area (Å²) in [5, 5.41) is 13.0. The van der Waals surface area contributed by atoms with Crippen LogP contribution in [0.2, 0.25) is 0 Å². The van der Waals surface area contributed by atoms with Crippen LogP contribution in [-0.4, -0.2) is 69.9 Å². The number of oxazole rings is 1. The Hall–Kier alpha value is -3.53. The van der Waals surface area contributed by atoms with Crippen LogP contribution in [0.4, 0.5) is 0 Å². The lowest BCUT2D eigenvalue weighted by Crippen LogP contribution is -2.46. The third-order valence-electron chi connectivity index (χ3n) is 6.97. The number of esters is 1. The molecule has 1 saturated heterocycles. The largest absolute Gasteiger partial charge is 0.460 e. The van der Waals surface area contributed by atoms with E-state index in [4.69, 9.17) is 9.15 Å². The van der Waals surface area contributed by atoms with Gasteiger partial charge in [-0.15, -0.1) is 0 Å². The highest BCUT2D eigenvalue weighted by Crippen LogP contribution is 2.29. The number of carbonyl (C=O) groups excluding carboxylic acids is 4. The number of rotatable bonds is 1. The smallest absolute Gasteiger partial charge is 0.329 e. The van der Waals surface area contributed by atoms with Gasteiger partial charge in [-0.2, -0.15) is 0 Å². The molecule has 2 aliphatic rings. The van der Waals surface area contributed by atoms with E-state index >= 15 is 0 Å². The molecule has 2 bridgehead atoms. The quantitative estimate of drug-likeness (QED) is 0.518. The molecule has 2 aliphatic heterocycles. The summed E-state index contributed by atoms with van der Waals surface area (Å²) < 4.78 is 11.3. The molecule has 0 aromatic carbocycles. The van der Waals surface area contributed by atoms with Gasteiger partial charge < -0.3 is 24.5 Å². The van der Waals surface area contributed by atoms with Crippen LogP contribution in [0.1, 0.15) is 63.8 Å². The van der Waals surface area contributed by atoms with Crippen molar-refractivity contribution in [1.82, 2.24) is 15.2 Å². The molecule has 3 heterocycles. The second kappa shape index (κ2) is 13.5. The number of carbonyl (C=O) groups is 4. The summed E-state index contributed by atoms with van der Waals surface area (Å²) in [5.74, 6) is -1.92. The molecule has 1 aromatic heterocycles. The Balaban J connectivity index is 1.89. The first-order valence-electron chi connectivity index (χ1n) is 13.4. The van der Waals surface area contributed by atoms with E-state index in [-0.39, 0.29) is 60.4 Å². The number of aliphatic hydroxyl groups excluding tert-OH is 1. The van der Waals surface area contributed by atoms with Crippen molar-refractivity contribution in [1.29, 1.82) is 0 Å². The standard InChI is InChI=1S/C29H39N3O7/c1-17(2)27-20(5)8-9-24(35)30-11-6-7-18(3)13-21(33)14-22(34)15-25-31-23(16-38-25)28(36)32-12-10-19(4)26(32)29(37)39-27/h6-9,13,16-17,19-21,26-27,33H,10-12,14-15H2,1-5H3,(H,30,35)/b7-6?,9-8+,18-13?/t19?,20-,21-,26-,27-/m1/s1. The van der Waals surface area contributed by atoms with Crippen LogP contribution < -0.4 is 5.32 Å². The predicted octanol–water partition coefficient (Wildman–Crippen LogP) is 2.78. The van der Waals surface area contributed by atoms with E-state index in [0.29, 0.717) is 13.0 Å². The van der Waals surface area contributed by atoms with Crippen molar-refractivity contribution in [2.24, 2.45) is 17.8 Å². The van der Waals surface area contributed by atoms with Gasteiger partial charge in [0.1, 0.15) is 24.2 Å². The lowest BCUT2D eigenvalue weighted by Gasteiger charge is -2.30. The summed E-state index contributed by atoms with van der Waals surface area (Å²) in [5.41, 5.74) is 0.735. The Bertz CT molecular complexity index is 1150. The maximum Gasteiger partial charge on any atom is 0.329 e. The van der Waals surface area contributed by atoms with Crippen molar-refractivity contribution < 1.29 is 33.4 Å². The first-order chi connectivity index (χ1) is 18.5. The van der Waals surface area contributed by atoms with E-state index in [2.05, 4.69) is 10.3 Å². The minimum Gasteiger partial charge on any atom is -0.460 e. The molecule has 10 heteroatoms. The van der Waals surface area contributed by atoms with Crippen molar-refractivity contribution in [3.05, 3.63) is 53.8 Å². The van der Waals surface area contributed by atoms with Crippen LogP contribution >= 0.6 is 0 Å². The molecular weight excluding hydrogens is 502 g/mol. The van der Waals surface area contributed by atoms with Gasteiger partial charge in [-0.1, -0.05) is 57.6 Å². The summed E-state index contributed by atoms with van der Waals surface area (Å²) >= 11 is 0. The predicted molar refractivity (Wildman–Crippen MR) is 143 cm³/mol. The summed E-state index contributed by atoms with van der Waals surface area (Å²) in [6, 6.07) is -0.793. The minimum absolute atomic E-state index is 0.00670. The van der Waals surface area contributed by atoms with E-state index in [1.165, 1.54) is 17.2 Å². The highest BCUT2D eigenvalue weighted by Gasteiger charge is 2.43. The number of amides is 2. The molecule has 39 heavy (non-hydrogen) atoms. The number of cyclic esters (lactones) is 1. The van der Waals surface area contributed by atoms with Gasteiger partial charge in [-0.05, 0) is 31.3 Å². The molecule has 0 aliphatic carbocycles. The van der Waals surface area contributed by atoms with Crippen LogP contribution in [0.25, 0.3) is 0 Å². The van der Waals surface area contributed by atoms with E-state index in [9.17, 15) is 24.3 Å². The fourth-order valence-electron chi connectivity index (χ4n) is 4.93. The van der Waals surface area contributed by atoms with Crippen molar-refractivity contribution in [2.45, 2.75) is 72.1 Å². The van der Waals surface area contributed by atoms with E-state index in [1.54, 1.807) is 31.2 Å². The molecule has 5 atom stereocenters. The number of nitrogens with one attached hydrogen (secondary N) is 1. The van der Waals surface area contributed by atoms with Gasteiger partial charge in [0.25, 0.3) is 5.91 Å². The highest BCUT2D eigenvalue weighted by molar-refractivity contribution is 5.95. The first kappa shape index (κ1) is 30.0. The lowest BCUT2D eigenvalue weighted by molar-refractivity contribution is -0.159. The fourth-order valence-corrected chi connectivity index (χ4v) is 4.93. The number of aliphatic hydroxyl groups is 1. The van der Waals surface area contributed by atoms with Crippen molar-refractivity contribution in [3.63, 3.8) is 0 Å². The first-order valence-corrected chi connectivity index (χ1v) is 13.4. The van der Waals surface area contributed by atoms with Gasteiger partial charge >= 0.3 is 5.97 Å². The highest BCUT2D eigenvalue weighted by atomic mass is 16.5. The molecular formula is C29H39N3O7. The van der Waals surface area contributed by atoms with Crippen LogP contribution in [0.3, 0.4) is 0 Å². The molecule has 2 N–H and O–H groups in total. The van der Waals surface area contributed by atoms with Crippen LogP contribution in [0.5, 0.6) is 0 Å². The number of hydrogen-bond acceptors (Lipinski definition) is 8. The van der Waals surface area contributed by atoms with Crippen LogP contribution in [-0.2, 0) is 25.5 Å². The zero-order chi connectivity index (χ0) is 28.7. The van der Waals surface area contributed by atoms with Gasteiger partial charge in [0.05, 0.1) is 12.5 Å². The third kappa shape index (κ3) is 8.23. The zero-order valence-corrected chi connectivity index (χ0v) is 23.3. The molecule has 212 valence electrons. The molecule has 10 nitrogen and oxygen atoms in total. The summed E-state index contributed by atoms with van der Waals surface area (Å²) in [7, 11) is 0.